The van der Waals surface area contributed by atoms with Crippen LogP contribution in [0.4, 0.5) is 0 Å². The van der Waals surface area contributed by atoms with Crippen LogP contribution in [-0.2, 0) is 6.54 Å². The average Bonchev–Trinajstić information content (AvgIpc) is 2.85. The summed E-state index contributed by atoms with van der Waals surface area (Å²) in [6.07, 6.45) is 0.908. The predicted octanol–water partition coefficient (Wildman–Crippen LogP) is 3.04. The molecule has 0 unspecified atom stereocenters. The number of hydrogen-bond donors (Lipinski definition) is 0. The normalized spacial score (nSPS) is 10.4. The lowest BCUT2D eigenvalue weighted by molar-refractivity contribution is 0.0701. The summed E-state index contributed by atoms with van der Waals surface area (Å²) in [6.45, 7) is 5.15. The number of rotatable bonds is 5. The van der Waals surface area contributed by atoms with Crippen molar-refractivity contribution in [1.82, 2.24) is 10.1 Å². The maximum absolute atomic E-state index is 12.3. The van der Waals surface area contributed by atoms with Gasteiger partial charge in [-0.25, -0.2) is 0 Å². The highest BCUT2D eigenvalue weighted by atomic mass is 16.5. The van der Waals surface area contributed by atoms with Crippen LogP contribution in [0.1, 0.15) is 35.2 Å². The first kappa shape index (κ1) is 13.3. The van der Waals surface area contributed by atoms with Crippen molar-refractivity contribution in [2.75, 3.05) is 6.54 Å². The van der Waals surface area contributed by atoms with Gasteiger partial charge in [0, 0.05) is 19.2 Å². The molecule has 100 valence electrons. The standard InChI is InChI=1S/C15H18N2O2/c1-3-9-17(11-13-7-5-4-6-8-13)15(18)14-10-12(2)16-19-14/h4-8,10H,3,9,11H2,1-2H3. The van der Waals surface area contributed by atoms with Gasteiger partial charge in [0.05, 0.1) is 5.69 Å². The molecule has 0 saturated heterocycles. The van der Waals surface area contributed by atoms with E-state index < -0.39 is 0 Å². The molecule has 0 spiro atoms. The molecular formula is C15H18N2O2. The molecule has 2 rings (SSSR count). The van der Waals surface area contributed by atoms with Gasteiger partial charge in [0.2, 0.25) is 5.76 Å². The number of aryl methyl sites for hydroxylation is 1. The number of benzene rings is 1. The molecule has 0 atom stereocenters. The lowest BCUT2D eigenvalue weighted by Crippen LogP contribution is -2.31. The van der Waals surface area contributed by atoms with Crippen LogP contribution in [-0.4, -0.2) is 22.5 Å². The summed E-state index contributed by atoms with van der Waals surface area (Å²) in [5.41, 5.74) is 1.83. The van der Waals surface area contributed by atoms with E-state index in [2.05, 4.69) is 12.1 Å². The smallest absolute Gasteiger partial charge is 0.292 e. The van der Waals surface area contributed by atoms with Gasteiger partial charge in [-0.05, 0) is 18.9 Å². The molecule has 1 heterocycles. The molecular weight excluding hydrogens is 240 g/mol. The van der Waals surface area contributed by atoms with E-state index in [9.17, 15) is 4.79 Å². The van der Waals surface area contributed by atoms with Crippen LogP contribution in [0.25, 0.3) is 0 Å². The molecule has 0 aliphatic carbocycles. The third kappa shape index (κ3) is 3.44. The number of nitrogens with zero attached hydrogens (tertiary/aromatic N) is 2. The Morgan fingerprint density at radius 3 is 2.63 bits per heavy atom. The summed E-state index contributed by atoms with van der Waals surface area (Å²) >= 11 is 0. The fourth-order valence-corrected chi connectivity index (χ4v) is 1.95. The number of hydrogen-bond acceptors (Lipinski definition) is 3. The van der Waals surface area contributed by atoms with Gasteiger partial charge in [0.1, 0.15) is 0 Å². The van der Waals surface area contributed by atoms with Gasteiger partial charge in [-0.3, -0.25) is 4.79 Å². The summed E-state index contributed by atoms with van der Waals surface area (Å²) in [6, 6.07) is 11.6. The van der Waals surface area contributed by atoms with Gasteiger partial charge in [0.15, 0.2) is 0 Å². The van der Waals surface area contributed by atoms with Crippen molar-refractivity contribution in [3.63, 3.8) is 0 Å². The van der Waals surface area contributed by atoms with E-state index in [0.29, 0.717) is 18.8 Å². The zero-order valence-electron chi connectivity index (χ0n) is 11.3. The first-order valence-corrected chi connectivity index (χ1v) is 6.47. The van der Waals surface area contributed by atoms with Crippen molar-refractivity contribution in [3.05, 3.63) is 53.4 Å². The van der Waals surface area contributed by atoms with E-state index in [1.54, 1.807) is 11.0 Å². The van der Waals surface area contributed by atoms with Crippen LogP contribution in [0.15, 0.2) is 40.9 Å². The maximum atomic E-state index is 12.3. The maximum Gasteiger partial charge on any atom is 0.292 e. The third-order valence-corrected chi connectivity index (χ3v) is 2.84. The Labute approximate surface area is 113 Å². The molecule has 0 aliphatic heterocycles. The molecule has 0 bridgehead atoms. The molecule has 2 aromatic rings. The zero-order chi connectivity index (χ0) is 13.7. The Hall–Kier alpha value is -2.10. The number of amides is 1. The SMILES string of the molecule is CCCN(Cc1ccccc1)C(=O)c1cc(C)no1. The van der Waals surface area contributed by atoms with E-state index in [1.807, 2.05) is 37.3 Å². The first-order chi connectivity index (χ1) is 9.20. The fraction of sp³-hybridized carbons (Fsp3) is 0.333. The Morgan fingerprint density at radius 2 is 2.05 bits per heavy atom. The van der Waals surface area contributed by atoms with Gasteiger partial charge < -0.3 is 9.42 Å². The largest absolute Gasteiger partial charge is 0.351 e. The second-order valence-electron chi connectivity index (χ2n) is 4.54. The van der Waals surface area contributed by atoms with Crippen LogP contribution < -0.4 is 0 Å². The first-order valence-electron chi connectivity index (χ1n) is 6.47. The Balaban J connectivity index is 2.13. The van der Waals surface area contributed by atoms with Crippen LogP contribution in [0, 0.1) is 6.92 Å². The number of carbonyl (C=O) groups excluding carboxylic acids is 1. The van der Waals surface area contributed by atoms with Crippen molar-refractivity contribution in [1.29, 1.82) is 0 Å². The van der Waals surface area contributed by atoms with E-state index in [1.165, 1.54) is 0 Å². The van der Waals surface area contributed by atoms with Crippen LogP contribution in [0.2, 0.25) is 0 Å². The molecule has 4 nitrogen and oxygen atoms in total. The minimum absolute atomic E-state index is 0.105. The molecule has 0 aliphatic rings. The fourth-order valence-electron chi connectivity index (χ4n) is 1.95. The molecule has 0 N–H and O–H groups in total. The lowest BCUT2D eigenvalue weighted by atomic mass is 10.2. The molecule has 4 heteroatoms. The van der Waals surface area contributed by atoms with Gasteiger partial charge in [-0.1, -0.05) is 42.4 Å². The van der Waals surface area contributed by atoms with Crippen molar-refractivity contribution in [2.24, 2.45) is 0 Å². The zero-order valence-corrected chi connectivity index (χ0v) is 11.3. The number of carbonyl (C=O) groups is 1. The summed E-state index contributed by atoms with van der Waals surface area (Å²) < 4.78 is 5.05. The Morgan fingerprint density at radius 1 is 1.32 bits per heavy atom. The molecule has 0 saturated carbocycles. The lowest BCUT2D eigenvalue weighted by Gasteiger charge is -2.20. The quantitative estimate of drug-likeness (QED) is 0.828. The minimum atomic E-state index is -0.105. The van der Waals surface area contributed by atoms with Crippen molar-refractivity contribution in [3.8, 4) is 0 Å². The molecule has 19 heavy (non-hydrogen) atoms. The second-order valence-corrected chi connectivity index (χ2v) is 4.54. The van der Waals surface area contributed by atoms with E-state index in [4.69, 9.17) is 4.52 Å². The molecule has 0 radical (unpaired) electrons. The Kier molecular flexibility index (Phi) is 4.34. The van der Waals surface area contributed by atoms with Gasteiger partial charge in [-0.15, -0.1) is 0 Å². The summed E-state index contributed by atoms with van der Waals surface area (Å²) in [4.78, 5) is 14.1. The molecule has 1 amide bonds. The Bertz CT molecular complexity index is 534. The highest BCUT2D eigenvalue weighted by molar-refractivity contribution is 5.91. The van der Waals surface area contributed by atoms with Crippen molar-refractivity contribution < 1.29 is 9.32 Å². The molecule has 1 aromatic heterocycles. The predicted molar refractivity (Wildman–Crippen MR) is 72.7 cm³/mol. The van der Waals surface area contributed by atoms with Crippen LogP contribution in [0.5, 0.6) is 0 Å². The molecule has 0 fully saturated rings. The van der Waals surface area contributed by atoms with Crippen molar-refractivity contribution >= 4 is 5.91 Å². The van der Waals surface area contributed by atoms with Crippen LogP contribution >= 0.6 is 0 Å². The second kappa shape index (κ2) is 6.18. The number of aromatic nitrogens is 1. The monoisotopic (exact) mass is 258 g/mol. The third-order valence-electron chi connectivity index (χ3n) is 2.84. The highest BCUT2D eigenvalue weighted by Gasteiger charge is 2.19. The van der Waals surface area contributed by atoms with E-state index >= 15 is 0 Å². The van der Waals surface area contributed by atoms with E-state index in [0.717, 1.165) is 17.7 Å². The van der Waals surface area contributed by atoms with Gasteiger partial charge in [0.25, 0.3) is 5.91 Å². The summed E-state index contributed by atoms with van der Waals surface area (Å²) in [5.74, 6) is 0.202. The van der Waals surface area contributed by atoms with E-state index in [-0.39, 0.29) is 5.91 Å². The van der Waals surface area contributed by atoms with Gasteiger partial charge in [-0.2, -0.15) is 0 Å². The van der Waals surface area contributed by atoms with Gasteiger partial charge >= 0.3 is 0 Å². The van der Waals surface area contributed by atoms with Crippen molar-refractivity contribution in [2.45, 2.75) is 26.8 Å². The average molecular weight is 258 g/mol. The molecule has 1 aromatic carbocycles. The summed E-state index contributed by atoms with van der Waals surface area (Å²) in [7, 11) is 0. The highest BCUT2D eigenvalue weighted by Crippen LogP contribution is 2.11. The topological polar surface area (TPSA) is 46.3 Å². The summed E-state index contributed by atoms with van der Waals surface area (Å²) in [5, 5.41) is 3.76. The minimum Gasteiger partial charge on any atom is -0.351 e. The van der Waals surface area contributed by atoms with Crippen LogP contribution in [0.3, 0.4) is 0 Å².